The number of benzene rings is 2. The summed E-state index contributed by atoms with van der Waals surface area (Å²) in [6.45, 7) is 1.35. The topological polar surface area (TPSA) is 178 Å². The molecule has 0 radical (unpaired) electrons. The zero-order chi connectivity index (χ0) is 23.1. The molecule has 0 spiro atoms. The van der Waals surface area contributed by atoms with E-state index >= 15 is 0 Å². The molecule has 0 saturated heterocycles. The molecule has 2 aromatic carbocycles. The number of halogens is 1. The number of amides is 1. The lowest BCUT2D eigenvalue weighted by Gasteiger charge is -2.05. The molecule has 1 amide bonds. The van der Waals surface area contributed by atoms with Gasteiger partial charge in [-0.15, -0.1) is 27.0 Å². The van der Waals surface area contributed by atoms with Gasteiger partial charge in [-0.05, 0) is 29.8 Å². The highest BCUT2D eigenvalue weighted by molar-refractivity contribution is 7.90. The Morgan fingerprint density at radius 2 is 1.70 bits per heavy atom. The summed E-state index contributed by atoms with van der Waals surface area (Å²) >= 11 is 1.24. The standard InChI is InChI=1S/C19H20N8O3S2.ClH/c1-12(28)22-14-7-9-15(10-8-14)32(29,30)27-18(21)23-17(20)24-19-26-25-16(31-19)11-13-5-3-2-4-6-13;/h2-10H,11H2,1H3,(H,22,28)(H5,20,21,23,24,26,27);1H. The molecule has 0 atom stereocenters. The number of hydrogen-bond acceptors (Lipinski definition) is 7. The number of guanidine groups is 2. The van der Waals surface area contributed by atoms with E-state index in [-0.39, 0.29) is 34.3 Å². The van der Waals surface area contributed by atoms with Crippen LogP contribution in [0.25, 0.3) is 0 Å². The second-order valence-corrected chi connectivity index (χ2v) is 9.06. The van der Waals surface area contributed by atoms with Gasteiger partial charge in [0.25, 0.3) is 10.0 Å². The molecule has 33 heavy (non-hydrogen) atoms. The van der Waals surface area contributed by atoms with Crippen molar-refractivity contribution in [2.24, 2.45) is 20.9 Å². The number of nitrogens with two attached hydrogens (primary N) is 2. The molecule has 0 aliphatic carbocycles. The zero-order valence-corrected chi connectivity index (χ0v) is 19.7. The number of anilines is 1. The van der Waals surface area contributed by atoms with E-state index in [4.69, 9.17) is 11.5 Å². The molecule has 0 unspecified atom stereocenters. The average molecular weight is 509 g/mol. The molecule has 0 saturated carbocycles. The monoisotopic (exact) mass is 508 g/mol. The number of carbonyl (C=O) groups is 1. The maximum Gasteiger partial charge on any atom is 0.285 e. The summed E-state index contributed by atoms with van der Waals surface area (Å²) in [5.41, 5.74) is 13.0. The Balaban J connectivity index is 0.00000385. The third-order valence-electron chi connectivity index (χ3n) is 3.82. The van der Waals surface area contributed by atoms with Crippen molar-refractivity contribution in [3.8, 4) is 0 Å². The number of aliphatic imine (C=N–C) groups is 1. The van der Waals surface area contributed by atoms with Crippen molar-refractivity contribution in [1.82, 2.24) is 15.5 Å². The molecule has 1 heterocycles. The number of carbonyl (C=O) groups excluding carboxylic acids is 1. The lowest BCUT2D eigenvalue weighted by molar-refractivity contribution is -0.114. The van der Waals surface area contributed by atoms with E-state index in [2.05, 4.69) is 30.2 Å². The Kier molecular flexibility index (Phi) is 8.85. The average Bonchev–Trinajstić information content (AvgIpc) is 3.14. The largest absolute Gasteiger partial charge is 0.369 e. The van der Waals surface area contributed by atoms with Gasteiger partial charge < -0.3 is 16.8 Å². The summed E-state index contributed by atoms with van der Waals surface area (Å²) in [5.74, 6) is -0.930. The number of rotatable bonds is 6. The van der Waals surface area contributed by atoms with E-state index in [9.17, 15) is 13.2 Å². The molecule has 6 N–H and O–H groups in total. The van der Waals surface area contributed by atoms with Crippen LogP contribution in [0.1, 0.15) is 17.5 Å². The van der Waals surface area contributed by atoms with Crippen molar-refractivity contribution in [3.63, 3.8) is 0 Å². The molecule has 3 rings (SSSR count). The van der Waals surface area contributed by atoms with Gasteiger partial charge in [0.15, 0.2) is 0 Å². The fraction of sp³-hybridized carbons (Fsp3) is 0.105. The van der Waals surface area contributed by atoms with Crippen LogP contribution in [0.15, 0.2) is 68.9 Å². The van der Waals surface area contributed by atoms with Gasteiger partial charge in [-0.25, -0.2) is 0 Å². The molecule has 0 bridgehead atoms. The maximum absolute atomic E-state index is 12.4. The summed E-state index contributed by atoms with van der Waals surface area (Å²) < 4.78 is 28.3. The smallest absolute Gasteiger partial charge is 0.285 e. The van der Waals surface area contributed by atoms with Gasteiger partial charge in [-0.1, -0.05) is 41.7 Å². The molecule has 14 heteroatoms. The van der Waals surface area contributed by atoms with E-state index in [1.165, 1.54) is 42.5 Å². The SMILES string of the molecule is CC(=O)Nc1ccc(S(=O)(=O)/N=C(\N)N/C(N)=N/c2nnc(Cc3ccccc3)s2)cc1.Cl. The fourth-order valence-electron chi connectivity index (χ4n) is 2.51. The first-order valence-electron chi connectivity index (χ1n) is 9.17. The first-order chi connectivity index (χ1) is 15.2. The lowest BCUT2D eigenvalue weighted by atomic mass is 10.2. The van der Waals surface area contributed by atoms with E-state index < -0.39 is 16.0 Å². The van der Waals surface area contributed by atoms with Crippen LogP contribution in [0.5, 0.6) is 0 Å². The summed E-state index contributed by atoms with van der Waals surface area (Å²) in [7, 11) is -4.10. The third kappa shape index (κ3) is 7.82. The van der Waals surface area contributed by atoms with Crippen LogP contribution in [0.2, 0.25) is 0 Å². The van der Waals surface area contributed by atoms with Crippen molar-refractivity contribution in [2.75, 3.05) is 5.32 Å². The first kappa shape index (κ1) is 25.7. The highest BCUT2D eigenvalue weighted by Gasteiger charge is 2.14. The molecule has 1 aromatic heterocycles. The Bertz CT molecular complexity index is 1260. The van der Waals surface area contributed by atoms with Crippen molar-refractivity contribution in [2.45, 2.75) is 18.2 Å². The number of nitrogens with one attached hydrogen (secondary N) is 2. The van der Waals surface area contributed by atoms with Crippen LogP contribution in [0, 0.1) is 0 Å². The van der Waals surface area contributed by atoms with Crippen molar-refractivity contribution in [1.29, 1.82) is 0 Å². The summed E-state index contributed by atoms with van der Waals surface area (Å²) in [4.78, 5) is 15.0. The minimum absolute atomic E-state index is 0. The zero-order valence-electron chi connectivity index (χ0n) is 17.3. The molecule has 174 valence electrons. The highest BCUT2D eigenvalue weighted by Crippen LogP contribution is 2.21. The third-order valence-corrected chi connectivity index (χ3v) is 5.94. The quantitative estimate of drug-likeness (QED) is 0.287. The second kappa shape index (κ2) is 11.4. The molecule has 11 nitrogen and oxygen atoms in total. The maximum atomic E-state index is 12.4. The van der Waals surface area contributed by atoms with Gasteiger partial charge in [-0.2, -0.15) is 13.4 Å². The number of sulfonamides is 1. The van der Waals surface area contributed by atoms with Crippen molar-refractivity contribution < 1.29 is 13.2 Å². The lowest BCUT2D eigenvalue weighted by Crippen LogP contribution is -2.41. The van der Waals surface area contributed by atoms with Crippen molar-refractivity contribution in [3.05, 3.63) is 65.2 Å². The number of hydrogen-bond donors (Lipinski definition) is 4. The van der Waals surface area contributed by atoms with E-state index in [0.717, 1.165) is 10.6 Å². The summed E-state index contributed by atoms with van der Waals surface area (Å²) in [6.07, 6.45) is 0.601. The molecular formula is C19H21ClN8O3S2. The van der Waals surface area contributed by atoms with Crippen LogP contribution < -0.4 is 22.1 Å². The Hall–Kier alpha value is -3.55. The van der Waals surface area contributed by atoms with Gasteiger partial charge in [0.1, 0.15) is 5.01 Å². The number of nitrogens with zero attached hydrogens (tertiary/aromatic N) is 4. The fourth-order valence-corrected chi connectivity index (χ4v) is 4.16. The molecule has 0 aliphatic rings. The Morgan fingerprint density at radius 3 is 2.33 bits per heavy atom. The highest BCUT2D eigenvalue weighted by atomic mass is 35.5. The molecule has 0 fully saturated rings. The molecular weight excluding hydrogens is 488 g/mol. The van der Waals surface area contributed by atoms with Crippen LogP contribution >= 0.6 is 23.7 Å². The Morgan fingerprint density at radius 1 is 1.03 bits per heavy atom. The minimum Gasteiger partial charge on any atom is -0.369 e. The van der Waals surface area contributed by atoms with Gasteiger partial charge in [0.05, 0.1) is 4.90 Å². The van der Waals surface area contributed by atoms with Gasteiger partial charge >= 0.3 is 0 Å². The normalized spacial score (nSPS) is 12.0. The van der Waals surface area contributed by atoms with Gasteiger partial charge in [0, 0.05) is 19.0 Å². The number of aromatic nitrogens is 2. The predicted octanol–water partition coefficient (Wildman–Crippen LogP) is 1.75. The van der Waals surface area contributed by atoms with E-state index in [1.807, 2.05) is 30.3 Å². The predicted molar refractivity (Wildman–Crippen MR) is 130 cm³/mol. The van der Waals surface area contributed by atoms with E-state index in [0.29, 0.717) is 12.1 Å². The van der Waals surface area contributed by atoms with Gasteiger partial charge in [0.2, 0.25) is 23.0 Å². The van der Waals surface area contributed by atoms with Crippen LogP contribution in [-0.4, -0.2) is 36.4 Å². The van der Waals surface area contributed by atoms with Gasteiger partial charge in [-0.3, -0.25) is 10.1 Å². The van der Waals surface area contributed by atoms with Crippen LogP contribution in [0.3, 0.4) is 0 Å². The van der Waals surface area contributed by atoms with Crippen LogP contribution in [-0.2, 0) is 21.2 Å². The first-order valence-corrected chi connectivity index (χ1v) is 11.4. The Labute approximate surface area is 200 Å². The summed E-state index contributed by atoms with van der Waals surface area (Å²) in [5, 5.41) is 14.0. The van der Waals surface area contributed by atoms with Crippen LogP contribution in [0.4, 0.5) is 10.8 Å². The summed E-state index contributed by atoms with van der Waals surface area (Å²) in [6, 6.07) is 15.2. The molecule has 3 aromatic rings. The van der Waals surface area contributed by atoms with E-state index in [1.54, 1.807) is 0 Å². The minimum atomic E-state index is -4.10. The second-order valence-electron chi connectivity index (χ2n) is 6.42. The van der Waals surface area contributed by atoms with Crippen molar-refractivity contribution >= 4 is 62.4 Å². The molecule has 0 aliphatic heterocycles.